The smallest absolute Gasteiger partial charge is 0.276 e. The van der Waals surface area contributed by atoms with Gasteiger partial charge in [-0.15, -0.1) is 0 Å². The molecule has 2 atom stereocenters. The van der Waals surface area contributed by atoms with E-state index in [1.807, 2.05) is 6.07 Å². The summed E-state index contributed by atoms with van der Waals surface area (Å²) >= 11 is 6.05. The largest absolute Gasteiger partial charge is 0.376 e. The van der Waals surface area contributed by atoms with Gasteiger partial charge in [-0.1, -0.05) is 28.9 Å². The number of rotatable bonds is 9. The van der Waals surface area contributed by atoms with Crippen LogP contribution in [0, 0.1) is 0 Å². The first kappa shape index (κ1) is 22.8. The molecule has 2 amide bonds. The number of hydrogen-bond acceptors (Lipinski definition) is 6. The Bertz CT molecular complexity index is 922. The van der Waals surface area contributed by atoms with Crippen molar-refractivity contribution < 1.29 is 23.6 Å². The molecule has 3 heterocycles. The van der Waals surface area contributed by atoms with E-state index in [-0.39, 0.29) is 42.7 Å². The van der Waals surface area contributed by atoms with Crippen molar-refractivity contribution in [2.45, 2.75) is 44.3 Å². The molecule has 1 aromatic carbocycles. The van der Waals surface area contributed by atoms with Crippen LogP contribution in [0.5, 0.6) is 0 Å². The summed E-state index contributed by atoms with van der Waals surface area (Å²) in [5.74, 6) is 0.0667. The lowest BCUT2D eigenvalue weighted by Crippen LogP contribution is -2.40. The van der Waals surface area contributed by atoms with Gasteiger partial charge in [0.15, 0.2) is 11.5 Å². The maximum absolute atomic E-state index is 13.2. The van der Waals surface area contributed by atoms with Crippen molar-refractivity contribution in [3.05, 3.63) is 41.0 Å². The molecule has 9 heteroatoms. The number of hydrogen-bond donors (Lipinski definition) is 1. The maximum Gasteiger partial charge on any atom is 0.276 e. The zero-order chi connectivity index (χ0) is 22.3. The van der Waals surface area contributed by atoms with Crippen molar-refractivity contribution in [3.8, 4) is 11.3 Å². The lowest BCUT2D eigenvalue weighted by molar-refractivity contribution is -0.121. The van der Waals surface area contributed by atoms with Crippen LogP contribution in [0.3, 0.4) is 0 Å². The van der Waals surface area contributed by atoms with Gasteiger partial charge in [0.1, 0.15) is 0 Å². The zero-order valence-electron chi connectivity index (χ0n) is 17.9. The van der Waals surface area contributed by atoms with Crippen molar-refractivity contribution in [1.82, 2.24) is 15.4 Å². The van der Waals surface area contributed by atoms with Gasteiger partial charge in [-0.2, -0.15) is 0 Å². The fourth-order valence-corrected chi connectivity index (χ4v) is 4.17. The van der Waals surface area contributed by atoms with E-state index < -0.39 is 0 Å². The van der Waals surface area contributed by atoms with E-state index in [1.54, 1.807) is 29.2 Å². The number of nitrogens with zero attached hydrogens (tertiary/aromatic N) is 2. The Kier molecular flexibility index (Phi) is 7.78. The van der Waals surface area contributed by atoms with Gasteiger partial charge in [0.05, 0.1) is 12.2 Å². The normalized spacial score (nSPS) is 20.4. The highest BCUT2D eigenvalue weighted by molar-refractivity contribution is 6.30. The number of nitrogens with one attached hydrogen (secondary N) is 1. The molecule has 2 unspecified atom stereocenters. The standard InChI is InChI=1S/C23H28ClN3O5/c24-17-5-1-4-16(12-17)21-13-20(26-32-21)23(29)27(15-19-7-3-11-31-19)9-8-22(28)25-14-18-6-2-10-30-18/h1,4-5,12-13,18-19H,2-3,6-11,14-15H2,(H,25,28). The summed E-state index contributed by atoms with van der Waals surface area (Å²) in [6.45, 7) is 2.63. The molecule has 0 spiro atoms. The molecule has 0 saturated carbocycles. The first-order chi connectivity index (χ1) is 15.6. The molecule has 1 aromatic heterocycles. The molecule has 0 radical (unpaired) electrons. The Morgan fingerprint density at radius 3 is 2.62 bits per heavy atom. The van der Waals surface area contributed by atoms with E-state index in [0.29, 0.717) is 30.5 Å². The van der Waals surface area contributed by atoms with Gasteiger partial charge >= 0.3 is 0 Å². The number of aromatic nitrogens is 1. The van der Waals surface area contributed by atoms with Crippen molar-refractivity contribution in [1.29, 1.82) is 0 Å². The van der Waals surface area contributed by atoms with Crippen LogP contribution in [0.4, 0.5) is 0 Å². The second-order valence-corrected chi connectivity index (χ2v) is 8.60. The highest BCUT2D eigenvalue weighted by atomic mass is 35.5. The van der Waals surface area contributed by atoms with Gasteiger partial charge in [0.2, 0.25) is 5.91 Å². The predicted molar refractivity (Wildman–Crippen MR) is 118 cm³/mol. The molecule has 172 valence electrons. The van der Waals surface area contributed by atoms with Gasteiger partial charge in [-0.3, -0.25) is 9.59 Å². The highest BCUT2D eigenvalue weighted by Gasteiger charge is 2.26. The fraction of sp³-hybridized carbons (Fsp3) is 0.522. The van der Waals surface area contributed by atoms with Gasteiger partial charge in [-0.25, -0.2) is 0 Å². The molecule has 0 bridgehead atoms. The van der Waals surface area contributed by atoms with Crippen molar-refractivity contribution in [3.63, 3.8) is 0 Å². The summed E-state index contributed by atoms with van der Waals surface area (Å²) in [5, 5.41) is 7.44. The van der Waals surface area contributed by atoms with E-state index in [0.717, 1.165) is 37.9 Å². The minimum atomic E-state index is -0.288. The molecule has 2 aliphatic rings. The van der Waals surface area contributed by atoms with Crippen LogP contribution in [-0.4, -0.2) is 66.9 Å². The Morgan fingerprint density at radius 1 is 1.12 bits per heavy atom. The van der Waals surface area contributed by atoms with Crippen LogP contribution in [0.1, 0.15) is 42.6 Å². The number of halogens is 1. The third-order valence-corrected chi connectivity index (χ3v) is 5.97. The van der Waals surface area contributed by atoms with Crippen LogP contribution in [0.2, 0.25) is 5.02 Å². The topological polar surface area (TPSA) is 93.9 Å². The lowest BCUT2D eigenvalue weighted by Gasteiger charge is -2.24. The first-order valence-electron chi connectivity index (χ1n) is 11.1. The molecule has 2 fully saturated rings. The molecule has 2 aliphatic heterocycles. The quantitative estimate of drug-likeness (QED) is 0.615. The molecule has 2 aromatic rings. The second kappa shape index (κ2) is 10.9. The van der Waals surface area contributed by atoms with Crippen molar-refractivity contribution >= 4 is 23.4 Å². The Morgan fingerprint density at radius 2 is 1.91 bits per heavy atom. The minimum Gasteiger partial charge on any atom is -0.376 e. The third kappa shape index (κ3) is 6.09. The zero-order valence-corrected chi connectivity index (χ0v) is 18.7. The Hall–Kier alpha value is -2.42. The number of ether oxygens (including phenoxy) is 2. The first-order valence-corrected chi connectivity index (χ1v) is 11.5. The number of carbonyl (C=O) groups excluding carboxylic acids is 2. The summed E-state index contributed by atoms with van der Waals surface area (Å²) in [4.78, 5) is 27.2. The van der Waals surface area contributed by atoms with E-state index in [2.05, 4.69) is 10.5 Å². The summed E-state index contributed by atoms with van der Waals surface area (Å²) in [5.41, 5.74) is 0.931. The molecule has 32 heavy (non-hydrogen) atoms. The minimum absolute atomic E-state index is 0.0341. The third-order valence-electron chi connectivity index (χ3n) is 5.73. The van der Waals surface area contributed by atoms with Gasteiger partial charge < -0.3 is 24.2 Å². The monoisotopic (exact) mass is 461 g/mol. The average molecular weight is 462 g/mol. The Balaban J connectivity index is 1.38. The van der Waals surface area contributed by atoms with E-state index in [4.69, 9.17) is 25.6 Å². The van der Waals surface area contributed by atoms with Crippen LogP contribution >= 0.6 is 11.6 Å². The predicted octanol–water partition coefficient (Wildman–Crippen LogP) is 3.30. The number of carbonyl (C=O) groups is 2. The van der Waals surface area contributed by atoms with Crippen molar-refractivity contribution in [2.24, 2.45) is 0 Å². The van der Waals surface area contributed by atoms with Crippen LogP contribution in [0.15, 0.2) is 34.9 Å². The molecule has 1 N–H and O–H groups in total. The Labute approximate surface area is 192 Å². The summed E-state index contributed by atoms with van der Waals surface area (Å²) < 4.78 is 16.6. The summed E-state index contributed by atoms with van der Waals surface area (Å²) in [6.07, 6.45) is 4.10. The van der Waals surface area contributed by atoms with Gasteiger partial charge in [0, 0.05) is 55.9 Å². The SMILES string of the molecule is O=C(CCN(CC1CCCO1)C(=O)c1cc(-c2cccc(Cl)c2)on1)NCC1CCCO1. The van der Waals surface area contributed by atoms with Gasteiger partial charge in [0.25, 0.3) is 5.91 Å². The van der Waals surface area contributed by atoms with Crippen molar-refractivity contribution in [2.75, 3.05) is 32.8 Å². The van der Waals surface area contributed by atoms with Gasteiger partial charge in [-0.05, 0) is 37.8 Å². The molecular formula is C23H28ClN3O5. The molecule has 8 nitrogen and oxygen atoms in total. The number of benzene rings is 1. The van der Waals surface area contributed by atoms with Crippen LogP contribution < -0.4 is 5.32 Å². The van der Waals surface area contributed by atoms with E-state index in [1.165, 1.54) is 0 Å². The lowest BCUT2D eigenvalue weighted by atomic mass is 10.1. The van der Waals surface area contributed by atoms with Crippen LogP contribution in [0.25, 0.3) is 11.3 Å². The fourth-order valence-electron chi connectivity index (χ4n) is 3.98. The van der Waals surface area contributed by atoms with Crippen LogP contribution in [-0.2, 0) is 14.3 Å². The highest BCUT2D eigenvalue weighted by Crippen LogP contribution is 2.24. The van der Waals surface area contributed by atoms with E-state index in [9.17, 15) is 9.59 Å². The molecule has 2 saturated heterocycles. The van der Waals surface area contributed by atoms with E-state index >= 15 is 0 Å². The number of amides is 2. The average Bonchev–Trinajstić information content (AvgIpc) is 3.57. The summed E-state index contributed by atoms with van der Waals surface area (Å²) in [6, 6.07) is 8.76. The summed E-state index contributed by atoms with van der Waals surface area (Å²) in [7, 11) is 0. The molecular weight excluding hydrogens is 434 g/mol. The molecule has 0 aliphatic carbocycles. The second-order valence-electron chi connectivity index (χ2n) is 8.16. The maximum atomic E-state index is 13.2. The molecule has 4 rings (SSSR count).